The normalized spacial score (nSPS) is 10.7. The van der Waals surface area contributed by atoms with Gasteiger partial charge in [0.25, 0.3) is 0 Å². The molecule has 0 atom stereocenters. The second kappa shape index (κ2) is 4.26. The number of nitrogens with zero attached hydrogens (tertiary/aromatic N) is 3. The monoisotopic (exact) mass is 215 g/mol. The summed E-state index contributed by atoms with van der Waals surface area (Å²) in [5.41, 5.74) is 0.652. The van der Waals surface area contributed by atoms with Crippen molar-refractivity contribution in [3.8, 4) is 5.82 Å². The Hall–Kier alpha value is -1.97. The molecule has 0 amide bonds. The van der Waals surface area contributed by atoms with Crippen LogP contribution in [0.5, 0.6) is 0 Å². The Morgan fingerprint density at radius 3 is 2.69 bits per heavy atom. The van der Waals surface area contributed by atoms with Gasteiger partial charge in [-0.15, -0.1) is 0 Å². The van der Waals surface area contributed by atoms with Gasteiger partial charge >= 0.3 is 0 Å². The number of carbonyl (C=O) groups excluding carboxylic acids is 1. The lowest BCUT2D eigenvalue weighted by Gasteiger charge is -2.05. The van der Waals surface area contributed by atoms with Gasteiger partial charge in [-0.05, 0) is 12.1 Å². The molecular formula is C12H13N3O. The molecule has 2 rings (SSSR count). The van der Waals surface area contributed by atoms with Crippen molar-refractivity contribution in [2.45, 2.75) is 13.8 Å². The summed E-state index contributed by atoms with van der Waals surface area (Å²) in [6.07, 6.45) is 6.78. The number of imidazole rings is 1. The molecule has 0 aliphatic heterocycles. The number of hydrogen-bond acceptors (Lipinski definition) is 3. The highest BCUT2D eigenvalue weighted by atomic mass is 16.1. The van der Waals surface area contributed by atoms with Crippen molar-refractivity contribution in [3.05, 3.63) is 42.6 Å². The molecule has 4 nitrogen and oxygen atoms in total. The summed E-state index contributed by atoms with van der Waals surface area (Å²) in [5.74, 6) is 0.878. The Bertz CT molecular complexity index is 471. The van der Waals surface area contributed by atoms with Crippen LogP contribution in [0.25, 0.3) is 5.82 Å². The molecule has 82 valence electrons. The number of rotatable bonds is 3. The Labute approximate surface area is 94.0 Å². The Kier molecular flexibility index (Phi) is 2.81. The van der Waals surface area contributed by atoms with Crippen LogP contribution in [0.15, 0.2) is 37.1 Å². The zero-order chi connectivity index (χ0) is 11.5. The van der Waals surface area contributed by atoms with Gasteiger partial charge in [0.1, 0.15) is 12.1 Å². The van der Waals surface area contributed by atoms with Gasteiger partial charge in [0, 0.05) is 30.1 Å². The van der Waals surface area contributed by atoms with E-state index in [4.69, 9.17) is 0 Å². The third kappa shape index (κ3) is 2.00. The summed E-state index contributed by atoms with van der Waals surface area (Å²) in [5, 5.41) is 0. The highest BCUT2D eigenvalue weighted by Crippen LogP contribution is 2.09. The van der Waals surface area contributed by atoms with Crippen LogP contribution in [0.3, 0.4) is 0 Å². The van der Waals surface area contributed by atoms with E-state index >= 15 is 0 Å². The lowest BCUT2D eigenvalue weighted by molar-refractivity contribution is 0.0939. The van der Waals surface area contributed by atoms with Crippen LogP contribution < -0.4 is 0 Å². The predicted molar refractivity (Wildman–Crippen MR) is 60.5 cm³/mol. The second-order valence-electron chi connectivity index (χ2n) is 3.89. The lowest BCUT2D eigenvalue weighted by Crippen LogP contribution is -2.08. The van der Waals surface area contributed by atoms with Gasteiger partial charge in [-0.25, -0.2) is 9.97 Å². The van der Waals surface area contributed by atoms with Crippen LogP contribution in [0, 0.1) is 5.92 Å². The molecule has 0 fully saturated rings. The largest absolute Gasteiger partial charge is 0.294 e. The molecule has 4 heteroatoms. The van der Waals surface area contributed by atoms with E-state index in [1.807, 2.05) is 26.1 Å². The fourth-order valence-corrected chi connectivity index (χ4v) is 1.41. The molecule has 0 N–H and O–H groups in total. The summed E-state index contributed by atoms with van der Waals surface area (Å²) in [7, 11) is 0. The third-order valence-electron chi connectivity index (χ3n) is 2.33. The summed E-state index contributed by atoms with van der Waals surface area (Å²) >= 11 is 0. The van der Waals surface area contributed by atoms with Crippen molar-refractivity contribution in [2.24, 2.45) is 5.92 Å². The Morgan fingerprint density at radius 1 is 1.38 bits per heavy atom. The first-order valence-electron chi connectivity index (χ1n) is 5.17. The van der Waals surface area contributed by atoms with Gasteiger partial charge in [-0.3, -0.25) is 9.36 Å². The number of pyridine rings is 1. The summed E-state index contributed by atoms with van der Waals surface area (Å²) in [6, 6.07) is 3.61. The van der Waals surface area contributed by atoms with E-state index < -0.39 is 0 Å². The average molecular weight is 215 g/mol. The fraction of sp³-hybridized carbons (Fsp3) is 0.250. The Balaban J connectivity index is 2.27. The van der Waals surface area contributed by atoms with Crippen molar-refractivity contribution < 1.29 is 4.79 Å². The fourth-order valence-electron chi connectivity index (χ4n) is 1.41. The van der Waals surface area contributed by atoms with E-state index in [1.165, 1.54) is 0 Å². The van der Waals surface area contributed by atoms with E-state index in [0.717, 1.165) is 5.82 Å². The standard InChI is InChI=1S/C12H13N3O/c1-9(2)12(16)10-3-4-11(14-7-10)15-6-5-13-8-15/h3-9H,1-2H3. The molecule has 0 saturated heterocycles. The molecule has 0 aliphatic carbocycles. The molecule has 16 heavy (non-hydrogen) atoms. The molecule has 2 aromatic heterocycles. The molecule has 2 heterocycles. The number of Topliss-reactive ketones (excluding diaryl/α,β-unsaturated/α-hetero) is 1. The summed E-state index contributed by atoms with van der Waals surface area (Å²) < 4.78 is 1.80. The number of ketones is 1. The van der Waals surface area contributed by atoms with Crippen molar-refractivity contribution in [1.29, 1.82) is 0 Å². The van der Waals surface area contributed by atoms with Crippen LogP contribution in [0.1, 0.15) is 24.2 Å². The highest BCUT2D eigenvalue weighted by Gasteiger charge is 2.10. The first-order chi connectivity index (χ1) is 7.68. The maximum Gasteiger partial charge on any atom is 0.166 e. The number of hydrogen-bond donors (Lipinski definition) is 0. The van der Waals surface area contributed by atoms with E-state index in [2.05, 4.69) is 9.97 Å². The van der Waals surface area contributed by atoms with Crippen LogP contribution in [-0.4, -0.2) is 20.3 Å². The minimum Gasteiger partial charge on any atom is -0.294 e. The maximum atomic E-state index is 11.7. The first kappa shape index (κ1) is 10.5. The zero-order valence-electron chi connectivity index (χ0n) is 9.29. The van der Waals surface area contributed by atoms with Gasteiger partial charge in [0.05, 0.1) is 0 Å². The van der Waals surface area contributed by atoms with E-state index in [-0.39, 0.29) is 11.7 Å². The molecule has 0 aromatic carbocycles. The van der Waals surface area contributed by atoms with Gasteiger partial charge in [-0.2, -0.15) is 0 Å². The summed E-state index contributed by atoms with van der Waals surface area (Å²) in [4.78, 5) is 19.9. The molecular weight excluding hydrogens is 202 g/mol. The Morgan fingerprint density at radius 2 is 2.19 bits per heavy atom. The minimum absolute atomic E-state index is 0.000829. The van der Waals surface area contributed by atoms with Crippen LogP contribution in [0.4, 0.5) is 0 Å². The second-order valence-corrected chi connectivity index (χ2v) is 3.89. The SMILES string of the molecule is CC(C)C(=O)c1ccc(-n2ccnc2)nc1. The number of carbonyl (C=O) groups is 1. The van der Waals surface area contributed by atoms with Crippen LogP contribution in [0.2, 0.25) is 0 Å². The van der Waals surface area contributed by atoms with Gasteiger partial charge < -0.3 is 0 Å². The molecule has 0 saturated carbocycles. The average Bonchev–Trinajstić information content (AvgIpc) is 2.81. The minimum atomic E-state index is 0.000829. The molecule has 0 aliphatic rings. The lowest BCUT2D eigenvalue weighted by atomic mass is 10.0. The smallest absolute Gasteiger partial charge is 0.166 e. The topological polar surface area (TPSA) is 47.8 Å². The molecule has 0 radical (unpaired) electrons. The van der Waals surface area contributed by atoms with Crippen LogP contribution >= 0.6 is 0 Å². The van der Waals surface area contributed by atoms with Crippen molar-refractivity contribution in [1.82, 2.24) is 14.5 Å². The van der Waals surface area contributed by atoms with Crippen molar-refractivity contribution in [2.75, 3.05) is 0 Å². The van der Waals surface area contributed by atoms with Gasteiger partial charge in [0.15, 0.2) is 5.78 Å². The van der Waals surface area contributed by atoms with E-state index in [0.29, 0.717) is 5.56 Å². The van der Waals surface area contributed by atoms with Gasteiger partial charge in [0.2, 0.25) is 0 Å². The highest BCUT2D eigenvalue weighted by molar-refractivity contribution is 5.97. The van der Waals surface area contributed by atoms with Gasteiger partial charge in [-0.1, -0.05) is 13.8 Å². The number of aromatic nitrogens is 3. The zero-order valence-corrected chi connectivity index (χ0v) is 9.29. The van der Waals surface area contributed by atoms with Crippen molar-refractivity contribution >= 4 is 5.78 Å². The molecule has 0 spiro atoms. The maximum absolute atomic E-state index is 11.7. The molecule has 0 bridgehead atoms. The predicted octanol–water partition coefficient (Wildman–Crippen LogP) is 2.11. The molecule has 0 unspecified atom stereocenters. The quantitative estimate of drug-likeness (QED) is 0.737. The van der Waals surface area contributed by atoms with Crippen molar-refractivity contribution in [3.63, 3.8) is 0 Å². The molecule has 2 aromatic rings. The van der Waals surface area contributed by atoms with Crippen LogP contribution in [-0.2, 0) is 0 Å². The summed E-state index contributed by atoms with van der Waals surface area (Å²) in [6.45, 7) is 3.76. The van der Waals surface area contributed by atoms with E-state index in [1.54, 1.807) is 29.4 Å². The first-order valence-corrected chi connectivity index (χ1v) is 5.17. The third-order valence-corrected chi connectivity index (χ3v) is 2.33. The van der Waals surface area contributed by atoms with E-state index in [9.17, 15) is 4.79 Å².